The second-order valence-electron chi connectivity index (χ2n) is 1.97. The Bertz CT molecular complexity index is 266. The average Bonchev–Trinajstić information content (AvgIpc) is 2.36. The van der Waals surface area contributed by atoms with Crippen molar-refractivity contribution in [3.63, 3.8) is 0 Å². The molecule has 52 valence electrons. The number of aromatic amines is 1. The molecule has 1 atom stereocenters. The normalized spacial score (nSPS) is 21.9. The Kier molecular flexibility index (Phi) is 0.983. The molecule has 5 heteroatoms. The van der Waals surface area contributed by atoms with Gasteiger partial charge in [-0.15, -0.1) is 0 Å². The molecule has 2 heterocycles. The number of hydrogen-bond donors (Lipinski definition) is 3. The van der Waals surface area contributed by atoms with Gasteiger partial charge in [-0.05, 0) is 0 Å². The third kappa shape index (κ3) is 0.608. The molecule has 0 bridgehead atoms. The van der Waals surface area contributed by atoms with Gasteiger partial charge in [0.25, 0.3) is 0 Å². The van der Waals surface area contributed by atoms with E-state index in [1.54, 1.807) is 0 Å². The maximum Gasteiger partial charge on any atom is 0.179 e. The molecule has 1 aromatic rings. The third-order valence-corrected chi connectivity index (χ3v) is 1.34. The summed E-state index contributed by atoms with van der Waals surface area (Å²) in [7, 11) is 0. The van der Waals surface area contributed by atoms with Crippen molar-refractivity contribution >= 4 is 12.2 Å². The van der Waals surface area contributed by atoms with Gasteiger partial charge in [-0.25, -0.2) is 9.98 Å². The summed E-state index contributed by atoms with van der Waals surface area (Å²) in [6.45, 7) is 0. The quantitative estimate of drug-likeness (QED) is 0.459. The molecule has 0 unspecified atom stereocenters. The maximum absolute atomic E-state index is 9.18. The van der Waals surface area contributed by atoms with E-state index in [9.17, 15) is 5.11 Å². The van der Waals surface area contributed by atoms with Gasteiger partial charge in [0.05, 0.1) is 12.7 Å². The van der Waals surface area contributed by atoms with Crippen molar-refractivity contribution in [2.75, 3.05) is 0 Å². The lowest BCUT2D eigenvalue weighted by molar-refractivity contribution is 0.159. The van der Waals surface area contributed by atoms with Crippen molar-refractivity contribution in [3.8, 4) is 0 Å². The van der Waals surface area contributed by atoms with Crippen molar-refractivity contribution in [3.05, 3.63) is 12.0 Å². The van der Waals surface area contributed by atoms with Gasteiger partial charge < -0.3 is 15.4 Å². The van der Waals surface area contributed by atoms with Gasteiger partial charge in [0.15, 0.2) is 12.0 Å². The van der Waals surface area contributed by atoms with E-state index in [0.29, 0.717) is 11.5 Å². The zero-order valence-corrected chi connectivity index (χ0v) is 5.07. The van der Waals surface area contributed by atoms with E-state index in [-0.39, 0.29) is 0 Å². The van der Waals surface area contributed by atoms with Gasteiger partial charge in [0, 0.05) is 0 Å². The van der Waals surface area contributed by atoms with E-state index < -0.39 is 6.23 Å². The fourth-order valence-corrected chi connectivity index (χ4v) is 0.853. The number of aliphatic hydroxyl groups excluding tert-OH is 1. The Balaban J connectivity index is 2.52. The zero-order valence-electron chi connectivity index (χ0n) is 5.07. The number of aromatic nitrogens is 2. The van der Waals surface area contributed by atoms with Crippen LogP contribution >= 0.6 is 0 Å². The highest BCUT2D eigenvalue weighted by molar-refractivity contribution is 5.64. The molecule has 1 aliphatic rings. The van der Waals surface area contributed by atoms with Gasteiger partial charge in [-0.2, -0.15) is 0 Å². The summed E-state index contributed by atoms with van der Waals surface area (Å²) in [6.07, 6.45) is 2.22. The summed E-state index contributed by atoms with van der Waals surface area (Å²) in [6, 6.07) is 0. The molecule has 10 heavy (non-hydrogen) atoms. The molecule has 0 amide bonds. The van der Waals surface area contributed by atoms with E-state index >= 15 is 0 Å². The highest BCUT2D eigenvalue weighted by atomic mass is 16.3. The van der Waals surface area contributed by atoms with Crippen LogP contribution < -0.4 is 5.32 Å². The minimum absolute atomic E-state index is 0.547. The highest BCUT2D eigenvalue weighted by Crippen LogP contribution is 2.20. The Labute approximate surface area is 56.8 Å². The number of fused-ring (bicyclic) bond motifs is 1. The average molecular weight is 138 g/mol. The SMILES string of the molecule is O[C@H]1NC=Nc2nc[nH]c21. The second kappa shape index (κ2) is 1.81. The van der Waals surface area contributed by atoms with E-state index in [0.717, 1.165) is 0 Å². The standard InChI is InChI=1S/C5H6N4O/c10-5-3-4(7-1-6-3)8-2-9-5/h1-2,5,10H,(H,6,7)(H,8,9)/t5-/m1/s1. The van der Waals surface area contributed by atoms with Crippen LogP contribution in [-0.4, -0.2) is 21.4 Å². The van der Waals surface area contributed by atoms with Crippen LogP contribution in [0.15, 0.2) is 11.3 Å². The third-order valence-electron chi connectivity index (χ3n) is 1.34. The van der Waals surface area contributed by atoms with E-state index in [2.05, 4.69) is 20.3 Å². The summed E-state index contributed by atoms with van der Waals surface area (Å²) in [5, 5.41) is 11.8. The molecule has 0 saturated carbocycles. The van der Waals surface area contributed by atoms with E-state index in [1.165, 1.54) is 12.7 Å². The van der Waals surface area contributed by atoms with Crippen molar-refractivity contribution in [2.45, 2.75) is 6.23 Å². The highest BCUT2D eigenvalue weighted by Gasteiger charge is 2.15. The lowest BCUT2D eigenvalue weighted by Crippen LogP contribution is -2.22. The van der Waals surface area contributed by atoms with E-state index in [4.69, 9.17) is 0 Å². The Morgan fingerprint density at radius 2 is 2.50 bits per heavy atom. The van der Waals surface area contributed by atoms with Crippen LogP contribution in [0.1, 0.15) is 11.9 Å². The molecule has 2 rings (SSSR count). The number of nitrogens with zero attached hydrogens (tertiary/aromatic N) is 2. The number of aliphatic imine (C=N–C) groups is 1. The molecule has 1 aliphatic heterocycles. The maximum atomic E-state index is 9.18. The largest absolute Gasteiger partial charge is 0.368 e. The number of imidazole rings is 1. The smallest absolute Gasteiger partial charge is 0.179 e. The number of H-pyrrole nitrogens is 1. The summed E-state index contributed by atoms with van der Waals surface area (Å²) in [4.78, 5) is 10.5. The van der Waals surface area contributed by atoms with Crippen LogP contribution in [0.3, 0.4) is 0 Å². The molecular weight excluding hydrogens is 132 g/mol. The summed E-state index contributed by atoms with van der Waals surface area (Å²) in [5.74, 6) is 0.547. The molecular formula is C5H6N4O. The minimum atomic E-state index is -0.699. The molecule has 0 saturated heterocycles. The van der Waals surface area contributed by atoms with Gasteiger partial charge in [-0.1, -0.05) is 0 Å². The lowest BCUT2D eigenvalue weighted by atomic mass is 10.3. The Hall–Kier alpha value is -1.36. The predicted octanol–water partition coefficient (Wildman–Crippen LogP) is -0.336. The number of rotatable bonds is 0. The van der Waals surface area contributed by atoms with Crippen molar-refractivity contribution in [1.82, 2.24) is 15.3 Å². The second-order valence-corrected chi connectivity index (χ2v) is 1.97. The first-order chi connectivity index (χ1) is 4.88. The van der Waals surface area contributed by atoms with Crippen LogP contribution in [0.25, 0.3) is 0 Å². The Morgan fingerprint density at radius 3 is 3.30 bits per heavy atom. The van der Waals surface area contributed by atoms with Crippen LogP contribution in [0.2, 0.25) is 0 Å². The fourth-order valence-electron chi connectivity index (χ4n) is 0.853. The molecule has 1 aromatic heterocycles. The monoisotopic (exact) mass is 138 g/mol. The Morgan fingerprint density at radius 1 is 1.60 bits per heavy atom. The summed E-state index contributed by atoms with van der Waals surface area (Å²) >= 11 is 0. The minimum Gasteiger partial charge on any atom is -0.368 e. The topological polar surface area (TPSA) is 73.3 Å². The first-order valence-corrected chi connectivity index (χ1v) is 2.88. The van der Waals surface area contributed by atoms with Crippen LogP contribution in [0.5, 0.6) is 0 Å². The first kappa shape index (κ1) is 5.43. The van der Waals surface area contributed by atoms with Gasteiger partial charge in [0.2, 0.25) is 0 Å². The first-order valence-electron chi connectivity index (χ1n) is 2.88. The van der Waals surface area contributed by atoms with Gasteiger partial charge in [0.1, 0.15) is 5.69 Å². The lowest BCUT2D eigenvalue weighted by Gasteiger charge is -2.11. The summed E-state index contributed by atoms with van der Waals surface area (Å²) < 4.78 is 0. The molecule has 5 nitrogen and oxygen atoms in total. The van der Waals surface area contributed by atoms with Crippen LogP contribution in [-0.2, 0) is 0 Å². The van der Waals surface area contributed by atoms with Gasteiger partial charge in [-0.3, -0.25) is 0 Å². The molecule has 0 fully saturated rings. The molecule has 0 aromatic carbocycles. The van der Waals surface area contributed by atoms with Crippen molar-refractivity contribution in [1.29, 1.82) is 0 Å². The van der Waals surface area contributed by atoms with E-state index in [1.807, 2.05) is 0 Å². The van der Waals surface area contributed by atoms with Gasteiger partial charge >= 0.3 is 0 Å². The molecule has 3 N–H and O–H groups in total. The van der Waals surface area contributed by atoms with Crippen LogP contribution in [0.4, 0.5) is 5.82 Å². The number of hydrogen-bond acceptors (Lipinski definition) is 4. The zero-order chi connectivity index (χ0) is 6.97. The van der Waals surface area contributed by atoms with Crippen molar-refractivity contribution < 1.29 is 5.11 Å². The van der Waals surface area contributed by atoms with Crippen molar-refractivity contribution in [2.24, 2.45) is 4.99 Å². The van der Waals surface area contributed by atoms with Crippen LogP contribution in [0, 0.1) is 0 Å². The summed E-state index contributed by atoms with van der Waals surface area (Å²) in [5.41, 5.74) is 0.613. The molecule has 0 spiro atoms. The predicted molar refractivity (Wildman–Crippen MR) is 34.8 cm³/mol. The molecule has 0 radical (unpaired) electrons. The number of nitrogens with one attached hydrogen (secondary N) is 2. The fraction of sp³-hybridized carbons (Fsp3) is 0.200. The number of aliphatic hydroxyl groups is 1. The molecule has 0 aliphatic carbocycles.